The molecule has 0 aliphatic heterocycles. The van der Waals surface area contributed by atoms with Crippen molar-refractivity contribution in [3.63, 3.8) is 0 Å². The molecule has 0 aliphatic rings. The average molecular weight is 423 g/mol. The van der Waals surface area contributed by atoms with Gasteiger partial charge in [0.1, 0.15) is 0 Å². The van der Waals surface area contributed by atoms with Crippen molar-refractivity contribution in [2.24, 2.45) is 0 Å². The number of rotatable bonds is 4. The molecule has 0 aromatic heterocycles. The van der Waals surface area contributed by atoms with E-state index in [0.29, 0.717) is 33.1 Å². The van der Waals surface area contributed by atoms with E-state index in [9.17, 15) is 0 Å². The molecule has 0 radical (unpaired) electrons. The van der Waals surface area contributed by atoms with Gasteiger partial charge in [-0.15, -0.1) is 0 Å². The first-order valence-electron chi connectivity index (χ1n) is 5.84. The fourth-order valence-corrected chi connectivity index (χ4v) is 8.01. The second-order valence-corrected chi connectivity index (χ2v) is 13.8. The summed E-state index contributed by atoms with van der Waals surface area (Å²) in [5, 5.41) is 1.61. The minimum absolute atomic E-state index is 0.335. The van der Waals surface area contributed by atoms with Crippen LogP contribution in [0.15, 0.2) is 48.5 Å². The summed E-state index contributed by atoms with van der Waals surface area (Å²) >= 11 is 12.7. The molecule has 0 heterocycles. The van der Waals surface area contributed by atoms with E-state index < -0.39 is 0 Å². The number of benzene rings is 2. The van der Waals surface area contributed by atoms with E-state index in [1.54, 1.807) is 0 Å². The van der Waals surface area contributed by atoms with Crippen molar-refractivity contribution >= 4 is 62.0 Å². The van der Waals surface area contributed by atoms with E-state index in [2.05, 4.69) is 38.1 Å². The van der Waals surface area contributed by atoms with Crippen LogP contribution in [-0.4, -0.2) is 29.9 Å². The third-order valence-electron chi connectivity index (χ3n) is 2.35. The van der Waals surface area contributed by atoms with Crippen LogP contribution in [-0.2, 0) is 0 Å². The van der Waals surface area contributed by atoms with Gasteiger partial charge >= 0.3 is 138 Å². The van der Waals surface area contributed by atoms with Gasteiger partial charge in [-0.25, -0.2) is 0 Å². The molecule has 0 aliphatic carbocycles. The van der Waals surface area contributed by atoms with Gasteiger partial charge in [-0.3, -0.25) is 0 Å². The molecule has 0 amide bonds. The van der Waals surface area contributed by atoms with Crippen LogP contribution >= 0.6 is 23.2 Å². The molecule has 19 heavy (non-hydrogen) atoms. The quantitative estimate of drug-likeness (QED) is 0.661. The summed E-state index contributed by atoms with van der Waals surface area (Å²) in [6, 6.07) is 16.5. The van der Waals surface area contributed by atoms with Gasteiger partial charge in [-0.05, 0) is 0 Å². The van der Waals surface area contributed by atoms with Gasteiger partial charge in [-0.2, -0.15) is 0 Å². The van der Waals surface area contributed by atoms with Gasteiger partial charge in [0.2, 0.25) is 0 Å². The zero-order valence-electron chi connectivity index (χ0n) is 10.7. The minimum atomic E-state index is 0.335. The van der Waals surface area contributed by atoms with E-state index in [4.69, 9.17) is 23.2 Å². The Bertz CT molecular complexity index is 484. The van der Waals surface area contributed by atoms with Gasteiger partial charge in [-0.1, -0.05) is 0 Å². The van der Waals surface area contributed by atoms with E-state index in [1.807, 2.05) is 24.3 Å². The van der Waals surface area contributed by atoms with E-state index >= 15 is 0 Å². The monoisotopic (exact) mass is 424 g/mol. The van der Waals surface area contributed by atoms with Crippen molar-refractivity contribution in [2.75, 3.05) is 0 Å². The predicted molar refractivity (Wildman–Crippen MR) is 87.7 cm³/mol. The molecule has 0 fully saturated rings. The van der Waals surface area contributed by atoms with Crippen molar-refractivity contribution in [3.05, 3.63) is 58.6 Å². The summed E-state index contributed by atoms with van der Waals surface area (Å²) in [6.45, 7) is 4.69. The molecule has 0 atom stereocenters. The molecule has 0 bridgehead atoms. The Morgan fingerprint density at radius 3 is 1.32 bits per heavy atom. The molecule has 4 heteroatoms. The number of hydrogen-bond acceptors (Lipinski definition) is 0. The molecule has 2 aromatic carbocycles. The second-order valence-electron chi connectivity index (χ2n) is 4.51. The normalized spacial score (nSPS) is 11.6. The SMILES string of the molecule is CC(C)([Se]c1ccc(Cl)cc1)[Se]c1ccc(Cl)cc1. The van der Waals surface area contributed by atoms with Gasteiger partial charge in [0.15, 0.2) is 0 Å². The third-order valence-corrected chi connectivity index (χ3v) is 8.87. The molecule has 0 saturated carbocycles. The number of hydrogen-bond donors (Lipinski definition) is 0. The summed E-state index contributed by atoms with van der Waals surface area (Å²) in [4.78, 5) is 0. The zero-order chi connectivity index (χ0) is 13.9. The molecule has 2 rings (SSSR count). The van der Waals surface area contributed by atoms with Crippen molar-refractivity contribution < 1.29 is 0 Å². The van der Waals surface area contributed by atoms with Crippen LogP contribution in [0.4, 0.5) is 0 Å². The van der Waals surface area contributed by atoms with Crippen molar-refractivity contribution in [3.8, 4) is 0 Å². The van der Waals surface area contributed by atoms with Gasteiger partial charge < -0.3 is 0 Å². The second kappa shape index (κ2) is 6.68. The molecule has 0 saturated heterocycles. The van der Waals surface area contributed by atoms with Gasteiger partial charge in [0.25, 0.3) is 0 Å². The Labute approximate surface area is 137 Å². The van der Waals surface area contributed by atoms with Crippen molar-refractivity contribution in [1.29, 1.82) is 0 Å². The van der Waals surface area contributed by atoms with Crippen molar-refractivity contribution in [2.45, 2.75) is 17.1 Å². The molecule has 0 unspecified atom stereocenters. The van der Waals surface area contributed by atoms with Crippen LogP contribution in [0.25, 0.3) is 0 Å². The summed E-state index contributed by atoms with van der Waals surface area (Å²) in [5.41, 5.74) is 0. The predicted octanol–water partition coefficient (Wildman–Crippen LogP) is 3.51. The Morgan fingerprint density at radius 1 is 0.684 bits per heavy atom. The summed E-state index contributed by atoms with van der Waals surface area (Å²) in [7, 11) is 0. The molecular formula is C15H14Cl2Se2. The fourth-order valence-electron chi connectivity index (χ4n) is 1.59. The summed E-state index contributed by atoms with van der Waals surface area (Å²) in [6.07, 6.45) is 0. The molecule has 100 valence electrons. The molecule has 0 spiro atoms. The van der Waals surface area contributed by atoms with E-state index in [-0.39, 0.29) is 0 Å². The van der Waals surface area contributed by atoms with Crippen LogP contribution < -0.4 is 8.92 Å². The maximum atomic E-state index is 5.93. The van der Waals surface area contributed by atoms with Crippen molar-refractivity contribution in [1.82, 2.24) is 0 Å². The maximum absolute atomic E-state index is 5.93. The van der Waals surface area contributed by atoms with Gasteiger partial charge in [0, 0.05) is 0 Å². The Kier molecular flexibility index (Phi) is 5.43. The van der Waals surface area contributed by atoms with Gasteiger partial charge in [0.05, 0.1) is 0 Å². The average Bonchev–Trinajstić information content (AvgIpc) is 2.34. The topological polar surface area (TPSA) is 0 Å². The summed E-state index contributed by atoms with van der Waals surface area (Å²) in [5.74, 6) is 0. The van der Waals surface area contributed by atoms with Crippen LogP contribution in [0.3, 0.4) is 0 Å². The van der Waals surface area contributed by atoms with E-state index in [1.165, 1.54) is 8.92 Å². The van der Waals surface area contributed by atoms with Crippen LogP contribution in [0.2, 0.25) is 13.3 Å². The zero-order valence-corrected chi connectivity index (χ0v) is 15.6. The molecular weight excluding hydrogens is 409 g/mol. The first kappa shape index (κ1) is 15.4. The summed E-state index contributed by atoms with van der Waals surface area (Å²) < 4.78 is 3.14. The first-order valence-corrected chi connectivity index (χ1v) is 10.0. The third kappa shape index (κ3) is 5.15. The first-order chi connectivity index (χ1) is 8.94. The van der Waals surface area contributed by atoms with E-state index in [0.717, 1.165) is 10.0 Å². The number of halogens is 2. The Morgan fingerprint density at radius 2 is 1.00 bits per heavy atom. The molecule has 0 nitrogen and oxygen atoms in total. The van der Waals surface area contributed by atoms with Crippen LogP contribution in [0.1, 0.15) is 13.8 Å². The fraction of sp³-hybridized carbons (Fsp3) is 0.200. The molecule has 0 N–H and O–H groups in total. The standard InChI is InChI=1S/C15H14Cl2Se2/c1-15(2,18-13-7-3-11(16)4-8-13)19-14-9-5-12(17)6-10-14/h3-10H,1-2H3. The Hall–Kier alpha value is 0.0590. The molecule has 2 aromatic rings. The van der Waals surface area contributed by atoms with Crippen LogP contribution in [0.5, 0.6) is 0 Å². The Balaban J connectivity index is 2.05. The van der Waals surface area contributed by atoms with Crippen LogP contribution in [0, 0.1) is 0 Å².